The first-order chi connectivity index (χ1) is 3.80. The normalized spacial score (nSPS) is 18.5. The van der Waals surface area contributed by atoms with Crippen LogP contribution in [-0.2, 0) is 4.79 Å². The standard InChI is InChI=1S/C6H6O2/c7-5-3-1-2-4-6(5)8/h1,3-4,8H,2H2. The predicted molar refractivity (Wildman–Crippen MR) is 29.5 cm³/mol. The highest BCUT2D eigenvalue weighted by molar-refractivity contribution is 6.02. The van der Waals surface area contributed by atoms with Gasteiger partial charge in [0.2, 0.25) is 5.78 Å². The zero-order valence-corrected chi connectivity index (χ0v) is 4.29. The average Bonchev–Trinajstić information content (AvgIpc) is 1.77. The molecule has 2 nitrogen and oxygen atoms in total. The van der Waals surface area contributed by atoms with Gasteiger partial charge in [-0.3, -0.25) is 4.79 Å². The Hall–Kier alpha value is -1.05. The molecule has 0 atom stereocenters. The number of carbonyl (C=O) groups is 1. The monoisotopic (exact) mass is 110 g/mol. The van der Waals surface area contributed by atoms with Gasteiger partial charge >= 0.3 is 0 Å². The van der Waals surface area contributed by atoms with Crippen LogP contribution in [0.4, 0.5) is 0 Å². The van der Waals surface area contributed by atoms with E-state index in [0.717, 1.165) is 0 Å². The number of rotatable bonds is 0. The molecule has 0 aliphatic heterocycles. The molecule has 0 heterocycles. The summed E-state index contributed by atoms with van der Waals surface area (Å²) in [7, 11) is 0. The second-order valence-electron chi connectivity index (χ2n) is 1.59. The fourth-order valence-electron chi connectivity index (χ4n) is 0.541. The van der Waals surface area contributed by atoms with E-state index in [9.17, 15) is 4.79 Å². The van der Waals surface area contributed by atoms with Crippen LogP contribution in [-0.4, -0.2) is 10.9 Å². The van der Waals surface area contributed by atoms with Crippen molar-refractivity contribution < 1.29 is 9.90 Å². The van der Waals surface area contributed by atoms with Gasteiger partial charge in [0, 0.05) is 0 Å². The summed E-state index contributed by atoms with van der Waals surface area (Å²) in [5, 5.41) is 8.64. The summed E-state index contributed by atoms with van der Waals surface area (Å²) in [5.74, 6) is -0.427. The second kappa shape index (κ2) is 1.82. The van der Waals surface area contributed by atoms with E-state index in [-0.39, 0.29) is 11.5 Å². The third-order valence-electron chi connectivity index (χ3n) is 0.969. The Balaban J connectivity index is 2.78. The minimum atomic E-state index is -0.295. The molecule has 0 aromatic rings. The topological polar surface area (TPSA) is 37.3 Å². The molecular weight excluding hydrogens is 104 g/mol. The van der Waals surface area contributed by atoms with Crippen LogP contribution in [0.25, 0.3) is 0 Å². The number of hydrogen-bond donors (Lipinski definition) is 1. The molecule has 0 fully saturated rings. The molecule has 0 aromatic carbocycles. The molecular formula is C6H6O2. The summed E-state index contributed by atoms with van der Waals surface area (Å²) in [6.45, 7) is 0. The first-order valence-corrected chi connectivity index (χ1v) is 2.40. The largest absolute Gasteiger partial charge is 0.504 e. The summed E-state index contributed by atoms with van der Waals surface area (Å²) >= 11 is 0. The van der Waals surface area contributed by atoms with E-state index in [1.165, 1.54) is 12.2 Å². The molecule has 0 saturated carbocycles. The molecule has 42 valence electrons. The maximum atomic E-state index is 10.4. The minimum absolute atomic E-state index is 0.132. The van der Waals surface area contributed by atoms with Crippen molar-refractivity contribution in [3.05, 3.63) is 24.0 Å². The third-order valence-corrected chi connectivity index (χ3v) is 0.969. The van der Waals surface area contributed by atoms with E-state index in [2.05, 4.69) is 0 Å². The zero-order valence-electron chi connectivity index (χ0n) is 4.29. The van der Waals surface area contributed by atoms with Crippen molar-refractivity contribution in [2.45, 2.75) is 6.42 Å². The van der Waals surface area contributed by atoms with E-state index in [1.54, 1.807) is 6.08 Å². The van der Waals surface area contributed by atoms with Crippen LogP contribution in [0, 0.1) is 0 Å². The maximum absolute atomic E-state index is 10.4. The van der Waals surface area contributed by atoms with E-state index >= 15 is 0 Å². The summed E-state index contributed by atoms with van der Waals surface area (Å²) < 4.78 is 0. The highest BCUT2D eigenvalue weighted by Crippen LogP contribution is 2.02. The SMILES string of the molecule is O=C1C=CCC=C1O. The van der Waals surface area contributed by atoms with Gasteiger partial charge in [-0.15, -0.1) is 0 Å². The van der Waals surface area contributed by atoms with Gasteiger partial charge in [-0.1, -0.05) is 6.08 Å². The lowest BCUT2D eigenvalue weighted by Crippen LogP contribution is -1.99. The lowest BCUT2D eigenvalue weighted by molar-refractivity contribution is -0.113. The van der Waals surface area contributed by atoms with Gasteiger partial charge in [-0.25, -0.2) is 0 Å². The van der Waals surface area contributed by atoms with E-state index in [1.807, 2.05) is 0 Å². The molecule has 8 heavy (non-hydrogen) atoms. The second-order valence-corrected chi connectivity index (χ2v) is 1.59. The number of ketones is 1. The van der Waals surface area contributed by atoms with Gasteiger partial charge in [0.15, 0.2) is 5.76 Å². The molecule has 1 aliphatic carbocycles. The minimum Gasteiger partial charge on any atom is -0.504 e. The summed E-state index contributed by atoms with van der Waals surface area (Å²) in [6.07, 6.45) is 5.23. The summed E-state index contributed by atoms with van der Waals surface area (Å²) in [4.78, 5) is 10.4. The summed E-state index contributed by atoms with van der Waals surface area (Å²) in [5.41, 5.74) is 0. The van der Waals surface area contributed by atoms with Crippen LogP contribution < -0.4 is 0 Å². The quantitative estimate of drug-likeness (QED) is 0.504. The van der Waals surface area contributed by atoms with Crippen molar-refractivity contribution >= 4 is 5.78 Å². The number of aliphatic hydroxyl groups is 1. The van der Waals surface area contributed by atoms with Gasteiger partial charge in [0.1, 0.15) is 0 Å². The van der Waals surface area contributed by atoms with Crippen molar-refractivity contribution in [3.8, 4) is 0 Å². The van der Waals surface area contributed by atoms with Crippen LogP contribution in [0.3, 0.4) is 0 Å². The Labute approximate surface area is 47.1 Å². The van der Waals surface area contributed by atoms with Gasteiger partial charge in [-0.05, 0) is 18.6 Å². The molecule has 0 aromatic heterocycles. The molecule has 2 heteroatoms. The van der Waals surface area contributed by atoms with Crippen molar-refractivity contribution in [1.29, 1.82) is 0 Å². The Kier molecular flexibility index (Phi) is 1.16. The zero-order chi connectivity index (χ0) is 5.98. The molecule has 0 bridgehead atoms. The number of carbonyl (C=O) groups excluding carboxylic acids is 1. The van der Waals surface area contributed by atoms with Gasteiger partial charge < -0.3 is 5.11 Å². The Morgan fingerprint density at radius 3 is 2.75 bits per heavy atom. The highest BCUT2D eigenvalue weighted by atomic mass is 16.3. The van der Waals surface area contributed by atoms with Crippen molar-refractivity contribution in [2.75, 3.05) is 0 Å². The van der Waals surface area contributed by atoms with Crippen LogP contribution in [0.15, 0.2) is 24.0 Å². The Morgan fingerprint density at radius 1 is 1.62 bits per heavy atom. The molecule has 1 rings (SSSR count). The molecule has 0 amide bonds. The van der Waals surface area contributed by atoms with Crippen LogP contribution >= 0.6 is 0 Å². The van der Waals surface area contributed by atoms with Gasteiger partial charge in [-0.2, -0.15) is 0 Å². The van der Waals surface area contributed by atoms with Gasteiger partial charge in [0.05, 0.1) is 0 Å². The molecule has 0 unspecified atom stereocenters. The Bertz CT molecular complexity index is 165. The molecule has 1 N–H and O–H groups in total. The maximum Gasteiger partial charge on any atom is 0.219 e. The molecule has 0 spiro atoms. The lowest BCUT2D eigenvalue weighted by atomic mass is 10.2. The smallest absolute Gasteiger partial charge is 0.219 e. The molecule has 1 aliphatic rings. The highest BCUT2D eigenvalue weighted by Gasteiger charge is 2.03. The van der Waals surface area contributed by atoms with Crippen LogP contribution in [0.1, 0.15) is 6.42 Å². The van der Waals surface area contributed by atoms with E-state index in [4.69, 9.17) is 5.11 Å². The van der Waals surface area contributed by atoms with Crippen molar-refractivity contribution in [3.63, 3.8) is 0 Å². The number of allylic oxidation sites excluding steroid dienone is 3. The summed E-state index contributed by atoms with van der Waals surface area (Å²) in [6, 6.07) is 0. The van der Waals surface area contributed by atoms with Crippen molar-refractivity contribution in [1.82, 2.24) is 0 Å². The third kappa shape index (κ3) is 0.780. The van der Waals surface area contributed by atoms with Gasteiger partial charge in [0.25, 0.3) is 0 Å². The number of hydrogen-bond acceptors (Lipinski definition) is 2. The number of aliphatic hydroxyl groups excluding tert-OH is 1. The first-order valence-electron chi connectivity index (χ1n) is 2.40. The first kappa shape index (κ1) is 5.09. The van der Waals surface area contributed by atoms with Crippen molar-refractivity contribution in [2.24, 2.45) is 0 Å². The predicted octanol–water partition coefficient (Wildman–Crippen LogP) is 0.957. The molecule has 0 saturated heterocycles. The fraction of sp³-hybridized carbons (Fsp3) is 0.167. The van der Waals surface area contributed by atoms with E-state index in [0.29, 0.717) is 6.42 Å². The fourth-order valence-corrected chi connectivity index (χ4v) is 0.541. The Morgan fingerprint density at radius 2 is 2.38 bits per heavy atom. The lowest BCUT2D eigenvalue weighted by Gasteiger charge is -1.96. The van der Waals surface area contributed by atoms with Crippen LogP contribution in [0.5, 0.6) is 0 Å². The molecule has 0 radical (unpaired) electrons. The van der Waals surface area contributed by atoms with Crippen LogP contribution in [0.2, 0.25) is 0 Å². The van der Waals surface area contributed by atoms with E-state index < -0.39 is 0 Å². The average molecular weight is 110 g/mol.